The van der Waals surface area contributed by atoms with Gasteiger partial charge >= 0.3 is 0 Å². The van der Waals surface area contributed by atoms with Crippen LogP contribution in [-0.2, 0) is 0 Å². The summed E-state index contributed by atoms with van der Waals surface area (Å²) in [6, 6.07) is 1.71. The lowest BCUT2D eigenvalue weighted by molar-refractivity contribution is 0.0648. The normalized spacial score (nSPS) is 21.6. The molecule has 1 aliphatic rings. The Morgan fingerprint density at radius 3 is 3.05 bits per heavy atom. The Morgan fingerprint density at radius 2 is 2.35 bits per heavy atom. The molecule has 0 aliphatic carbocycles. The molecule has 5 heteroatoms. The topological polar surface area (TPSA) is 60.8 Å². The molecule has 1 aromatic rings. The summed E-state index contributed by atoms with van der Waals surface area (Å²) >= 11 is 1.43. The van der Waals surface area contributed by atoms with Gasteiger partial charge in [-0.15, -0.1) is 11.3 Å². The fourth-order valence-electron chi connectivity index (χ4n) is 2.42. The zero-order valence-corrected chi connectivity index (χ0v) is 12.3. The van der Waals surface area contributed by atoms with E-state index in [2.05, 4.69) is 18.8 Å². The smallest absolute Gasteiger partial charge is 0.255 e. The molecule has 1 fully saturated rings. The Labute approximate surface area is 123 Å². The molecule has 2 unspecified atom stereocenters. The number of hydrogen-bond donors (Lipinski definition) is 2. The van der Waals surface area contributed by atoms with E-state index in [0.29, 0.717) is 24.4 Å². The van der Waals surface area contributed by atoms with E-state index in [0.717, 1.165) is 11.3 Å². The van der Waals surface area contributed by atoms with E-state index in [4.69, 9.17) is 5.11 Å². The number of aliphatic hydroxyl groups excluding tert-OH is 2. The standard InChI is InChI=1S/C15H19NO3S/c1-11-5-6-16(14(11)9-18)15(19)12-8-13(20-10-12)4-2-3-7-17/h8,10-11,14,17-18H,3,5-7,9H2,1H3. The number of amides is 1. The van der Waals surface area contributed by atoms with Crippen molar-refractivity contribution in [3.63, 3.8) is 0 Å². The third-order valence-electron chi connectivity index (χ3n) is 3.63. The van der Waals surface area contributed by atoms with Gasteiger partial charge in [-0.1, -0.05) is 18.8 Å². The first-order chi connectivity index (χ1) is 9.67. The number of aliphatic hydroxyl groups is 2. The monoisotopic (exact) mass is 293 g/mol. The maximum atomic E-state index is 12.4. The summed E-state index contributed by atoms with van der Waals surface area (Å²) in [5.74, 6) is 6.09. The molecule has 1 aromatic heterocycles. The van der Waals surface area contributed by atoms with E-state index in [-0.39, 0.29) is 25.2 Å². The van der Waals surface area contributed by atoms with Crippen molar-refractivity contribution in [2.75, 3.05) is 19.8 Å². The average Bonchev–Trinajstić information content (AvgIpc) is 3.05. The predicted molar refractivity (Wildman–Crippen MR) is 78.6 cm³/mol. The molecule has 1 amide bonds. The number of carbonyl (C=O) groups excluding carboxylic acids is 1. The molecular weight excluding hydrogens is 274 g/mol. The van der Waals surface area contributed by atoms with Crippen LogP contribution >= 0.6 is 11.3 Å². The van der Waals surface area contributed by atoms with Crippen molar-refractivity contribution in [3.8, 4) is 11.8 Å². The largest absolute Gasteiger partial charge is 0.395 e. The fraction of sp³-hybridized carbons (Fsp3) is 0.533. The van der Waals surface area contributed by atoms with Gasteiger partial charge in [0.2, 0.25) is 0 Å². The Kier molecular flexibility index (Phi) is 5.18. The first-order valence-corrected chi connectivity index (χ1v) is 7.65. The van der Waals surface area contributed by atoms with Crippen LogP contribution in [0.25, 0.3) is 0 Å². The zero-order chi connectivity index (χ0) is 14.5. The van der Waals surface area contributed by atoms with Gasteiger partial charge in [0.1, 0.15) is 0 Å². The first kappa shape index (κ1) is 15.0. The van der Waals surface area contributed by atoms with Crippen LogP contribution in [0, 0.1) is 17.8 Å². The van der Waals surface area contributed by atoms with Crippen LogP contribution in [0.15, 0.2) is 11.4 Å². The average molecular weight is 293 g/mol. The maximum absolute atomic E-state index is 12.4. The van der Waals surface area contributed by atoms with Crippen molar-refractivity contribution in [1.29, 1.82) is 0 Å². The maximum Gasteiger partial charge on any atom is 0.255 e. The van der Waals surface area contributed by atoms with Crippen LogP contribution in [0.3, 0.4) is 0 Å². The minimum atomic E-state index is -0.0775. The Bertz CT molecular complexity index is 529. The van der Waals surface area contributed by atoms with Gasteiger partial charge in [0.05, 0.1) is 29.7 Å². The van der Waals surface area contributed by atoms with E-state index in [1.165, 1.54) is 11.3 Å². The Hall–Kier alpha value is -1.35. The highest BCUT2D eigenvalue weighted by Crippen LogP contribution is 2.26. The molecule has 0 radical (unpaired) electrons. The Morgan fingerprint density at radius 1 is 1.55 bits per heavy atom. The highest BCUT2D eigenvalue weighted by atomic mass is 32.1. The van der Waals surface area contributed by atoms with E-state index in [9.17, 15) is 9.90 Å². The summed E-state index contributed by atoms with van der Waals surface area (Å²) in [5.41, 5.74) is 0.635. The lowest BCUT2D eigenvalue weighted by Gasteiger charge is -2.24. The molecule has 4 nitrogen and oxygen atoms in total. The summed E-state index contributed by atoms with van der Waals surface area (Å²) in [6.07, 6.45) is 1.38. The fourth-order valence-corrected chi connectivity index (χ4v) is 3.17. The molecule has 20 heavy (non-hydrogen) atoms. The van der Waals surface area contributed by atoms with E-state index >= 15 is 0 Å². The Balaban J connectivity index is 2.08. The summed E-state index contributed by atoms with van der Waals surface area (Å²) in [6.45, 7) is 2.83. The highest BCUT2D eigenvalue weighted by Gasteiger charge is 2.34. The predicted octanol–water partition coefficient (Wildman–Crippen LogP) is 1.32. The molecular formula is C15H19NO3S. The van der Waals surface area contributed by atoms with Gasteiger partial charge in [0.15, 0.2) is 0 Å². The molecule has 0 spiro atoms. The van der Waals surface area contributed by atoms with Crippen LogP contribution in [-0.4, -0.2) is 46.8 Å². The van der Waals surface area contributed by atoms with Crippen LogP contribution in [0.2, 0.25) is 0 Å². The van der Waals surface area contributed by atoms with Crippen LogP contribution in [0.4, 0.5) is 0 Å². The molecule has 2 rings (SSSR count). The van der Waals surface area contributed by atoms with E-state index in [1.807, 2.05) is 5.38 Å². The second-order valence-corrected chi connectivity index (χ2v) is 5.90. The summed E-state index contributed by atoms with van der Waals surface area (Å²) in [5, 5.41) is 19.9. The van der Waals surface area contributed by atoms with Crippen molar-refractivity contribution < 1.29 is 15.0 Å². The van der Waals surface area contributed by atoms with E-state index < -0.39 is 0 Å². The van der Waals surface area contributed by atoms with E-state index in [1.54, 1.807) is 11.0 Å². The van der Waals surface area contributed by atoms with Gasteiger partial charge in [-0.05, 0) is 18.4 Å². The summed E-state index contributed by atoms with van der Waals surface area (Å²) in [4.78, 5) is 15.0. The third kappa shape index (κ3) is 3.21. The van der Waals surface area contributed by atoms with Gasteiger partial charge in [-0.25, -0.2) is 0 Å². The molecule has 0 saturated carbocycles. The van der Waals surface area contributed by atoms with Crippen molar-refractivity contribution in [2.24, 2.45) is 5.92 Å². The van der Waals surface area contributed by atoms with Crippen molar-refractivity contribution in [3.05, 3.63) is 21.9 Å². The molecule has 2 heterocycles. The van der Waals surface area contributed by atoms with Crippen molar-refractivity contribution >= 4 is 17.2 Å². The zero-order valence-electron chi connectivity index (χ0n) is 11.5. The minimum absolute atomic E-state index is 0.0141. The number of hydrogen-bond acceptors (Lipinski definition) is 4. The van der Waals surface area contributed by atoms with Crippen LogP contribution in [0.1, 0.15) is 35.0 Å². The van der Waals surface area contributed by atoms with Crippen LogP contribution in [0.5, 0.6) is 0 Å². The second-order valence-electron chi connectivity index (χ2n) is 4.99. The SMILES string of the molecule is CC1CCN(C(=O)c2csc(C#CCCO)c2)C1CO. The number of likely N-dealkylation sites (tertiary alicyclic amines) is 1. The first-order valence-electron chi connectivity index (χ1n) is 6.77. The lowest BCUT2D eigenvalue weighted by Crippen LogP contribution is -2.39. The molecule has 0 bridgehead atoms. The molecule has 0 aromatic carbocycles. The number of carbonyl (C=O) groups is 1. The minimum Gasteiger partial charge on any atom is -0.395 e. The van der Waals surface area contributed by atoms with Gasteiger partial charge in [0.25, 0.3) is 5.91 Å². The lowest BCUT2D eigenvalue weighted by atomic mass is 10.0. The second kappa shape index (κ2) is 6.89. The molecule has 108 valence electrons. The quantitative estimate of drug-likeness (QED) is 0.827. The third-order valence-corrected chi connectivity index (χ3v) is 4.47. The molecule has 1 aliphatic heterocycles. The number of nitrogens with zero attached hydrogens (tertiary/aromatic N) is 1. The molecule has 2 N–H and O–H groups in total. The number of rotatable bonds is 3. The highest BCUT2D eigenvalue weighted by molar-refractivity contribution is 7.10. The van der Waals surface area contributed by atoms with Gasteiger partial charge in [0, 0.05) is 18.3 Å². The summed E-state index contributed by atoms with van der Waals surface area (Å²) in [7, 11) is 0. The van der Waals surface area contributed by atoms with Gasteiger partial charge in [-0.3, -0.25) is 4.79 Å². The number of thiophene rings is 1. The van der Waals surface area contributed by atoms with Gasteiger partial charge in [-0.2, -0.15) is 0 Å². The molecule has 2 atom stereocenters. The van der Waals surface area contributed by atoms with Crippen molar-refractivity contribution in [2.45, 2.75) is 25.8 Å². The van der Waals surface area contributed by atoms with Crippen LogP contribution < -0.4 is 0 Å². The van der Waals surface area contributed by atoms with Gasteiger partial charge < -0.3 is 15.1 Å². The van der Waals surface area contributed by atoms with Crippen molar-refractivity contribution in [1.82, 2.24) is 4.90 Å². The molecule has 1 saturated heterocycles. The summed E-state index contributed by atoms with van der Waals surface area (Å²) < 4.78 is 0.